The Bertz CT molecular complexity index is 3340. The van der Waals surface area contributed by atoms with Crippen molar-refractivity contribution in [1.82, 2.24) is 19.5 Å². The summed E-state index contributed by atoms with van der Waals surface area (Å²) in [6.45, 7) is 9.03. The summed E-state index contributed by atoms with van der Waals surface area (Å²) in [5.74, 6) is 7.95. The second kappa shape index (κ2) is 19.2. The number of para-hydroxylation sites is 2. The van der Waals surface area contributed by atoms with Gasteiger partial charge in [0, 0.05) is 31.2 Å². The molecule has 0 spiro atoms. The quantitative estimate of drug-likeness (QED) is 0.112. The molecule has 66 heavy (non-hydrogen) atoms. The van der Waals surface area contributed by atoms with Gasteiger partial charge in [0.05, 0.1) is 22.4 Å². The van der Waals surface area contributed by atoms with E-state index in [1.54, 1.807) is 12.1 Å². The van der Waals surface area contributed by atoms with Gasteiger partial charge in [-0.3, -0.25) is 4.98 Å². The first-order chi connectivity index (χ1) is 31.4. The predicted octanol–water partition coefficient (Wildman–Crippen LogP) is 14.5. The third-order valence-corrected chi connectivity index (χ3v) is 16.1. The Balaban J connectivity index is 0.000000278. The van der Waals surface area contributed by atoms with Gasteiger partial charge in [-0.25, -0.2) is 4.98 Å². The van der Waals surface area contributed by atoms with E-state index >= 15 is 0 Å². The van der Waals surface area contributed by atoms with E-state index in [2.05, 4.69) is 163 Å². The van der Waals surface area contributed by atoms with Crippen LogP contribution in [0.3, 0.4) is 0 Å². The summed E-state index contributed by atoms with van der Waals surface area (Å²) in [4.78, 5) is 14.1. The van der Waals surface area contributed by atoms with Crippen molar-refractivity contribution in [1.29, 1.82) is 5.26 Å². The predicted molar refractivity (Wildman–Crippen MR) is 266 cm³/mol. The molecule has 329 valence electrons. The van der Waals surface area contributed by atoms with Crippen molar-refractivity contribution >= 4 is 50.8 Å². The molecule has 0 amide bonds. The van der Waals surface area contributed by atoms with Gasteiger partial charge in [-0.1, -0.05) is 105 Å². The second-order valence-corrected chi connectivity index (χ2v) is 28.6. The summed E-state index contributed by atoms with van der Waals surface area (Å²) >= 11 is -1.79. The Morgan fingerprint density at radius 1 is 0.697 bits per heavy atom. The van der Waals surface area contributed by atoms with Gasteiger partial charge in [0.1, 0.15) is 11.8 Å². The zero-order valence-electron chi connectivity index (χ0n) is 37.9. The number of halogens is 1. The molecular formula is C57H48FGeIrN5O-2. The molecule has 0 unspecified atom stereocenters. The fraction of sp³-hybridized carbons (Fsp3) is 0.158. The number of fused-ring (bicyclic) bond motifs is 4. The van der Waals surface area contributed by atoms with E-state index < -0.39 is 13.3 Å². The van der Waals surface area contributed by atoms with Crippen molar-refractivity contribution in [3.8, 4) is 56.7 Å². The van der Waals surface area contributed by atoms with E-state index in [0.717, 1.165) is 50.1 Å². The fourth-order valence-electron chi connectivity index (χ4n) is 8.30. The molecule has 4 aromatic heterocycles. The zero-order valence-corrected chi connectivity index (χ0v) is 42.4. The normalized spacial score (nSPS) is 11.5. The van der Waals surface area contributed by atoms with Crippen LogP contribution < -0.4 is 4.40 Å². The van der Waals surface area contributed by atoms with Crippen molar-refractivity contribution < 1.29 is 28.9 Å². The van der Waals surface area contributed by atoms with Crippen LogP contribution in [-0.4, -0.2) is 32.8 Å². The number of nitrogens with zero attached hydrogens (tertiary/aromatic N) is 5. The summed E-state index contributed by atoms with van der Waals surface area (Å²) < 4.78 is 22.8. The first-order valence-corrected chi connectivity index (χ1v) is 29.3. The standard InChI is InChI=1S/C43H33N4O.C14H15FGeN.Ir/c1-26(2)36-23-31(30-19-17-29(18-20-30)28-11-6-5-7-12-28)24-37(27(3)4)40(36)47-39-16-9-8-15-38(39)46-42(47)35-14-10-13-33-34-22-21-32(25-44)45-43(34)48-41(33)35;1-16(2,3)13-8-9-14(17-10-13)11-4-6-12(15)7-5-11;/h5-13,15-24,26-27H,1-4H3;4,6-10H,1-3H3;/q2*-1;. The molecule has 0 aliphatic heterocycles. The Morgan fingerprint density at radius 2 is 1.36 bits per heavy atom. The van der Waals surface area contributed by atoms with Crippen LogP contribution in [0.1, 0.15) is 56.4 Å². The van der Waals surface area contributed by atoms with E-state index in [1.165, 1.54) is 49.9 Å². The Kier molecular flexibility index (Phi) is 13.4. The van der Waals surface area contributed by atoms with Crippen LogP contribution in [0, 0.1) is 29.3 Å². The molecule has 1 radical (unpaired) electrons. The molecule has 0 atom stereocenters. The van der Waals surface area contributed by atoms with Crippen LogP contribution in [-0.2, 0) is 20.1 Å². The van der Waals surface area contributed by atoms with E-state index in [9.17, 15) is 9.65 Å². The van der Waals surface area contributed by atoms with Crippen molar-refractivity contribution in [2.24, 2.45) is 0 Å². The molecule has 0 saturated heterocycles. The van der Waals surface area contributed by atoms with Crippen molar-refractivity contribution in [2.45, 2.75) is 56.8 Å². The Labute approximate surface area is 401 Å². The number of aromatic nitrogens is 4. The number of pyridine rings is 2. The minimum Gasteiger partial charge on any atom is 0 e. The molecular weight excluding hydrogens is 1050 g/mol. The van der Waals surface area contributed by atoms with Gasteiger partial charge in [-0.2, -0.15) is 5.26 Å². The Hall–Kier alpha value is -6.50. The number of nitriles is 1. The number of hydrogen-bond acceptors (Lipinski definition) is 5. The second-order valence-electron chi connectivity index (χ2n) is 18.0. The molecule has 6 nitrogen and oxygen atoms in total. The van der Waals surface area contributed by atoms with E-state index in [-0.39, 0.29) is 37.8 Å². The van der Waals surface area contributed by atoms with Crippen LogP contribution in [0.5, 0.6) is 0 Å². The summed E-state index contributed by atoms with van der Waals surface area (Å²) in [5.41, 5.74) is 14.2. The largest absolute Gasteiger partial charge is 0 e. The van der Waals surface area contributed by atoms with Gasteiger partial charge >= 0.3 is 104 Å². The minimum absolute atomic E-state index is 0. The maximum atomic E-state index is 12.8. The van der Waals surface area contributed by atoms with Crippen molar-refractivity contribution in [3.05, 3.63) is 187 Å². The van der Waals surface area contributed by atoms with E-state index in [1.807, 2.05) is 42.6 Å². The zero-order chi connectivity index (χ0) is 45.4. The molecule has 9 heteroatoms. The van der Waals surface area contributed by atoms with Gasteiger partial charge in [-0.15, -0.1) is 18.2 Å². The maximum Gasteiger partial charge on any atom is 0 e. The molecule has 10 aromatic rings. The van der Waals surface area contributed by atoms with Crippen molar-refractivity contribution in [2.75, 3.05) is 0 Å². The number of rotatable bonds is 8. The van der Waals surface area contributed by atoms with Crippen LogP contribution in [0.15, 0.2) is 156 Å². The van der Waals surface area contributed by atoms with Crippen molar-refractivity contribution in [3.63, 3.8) is 0 Å². The molecule has 0 fully saturated rings. The summed E-state index contributed by atoms with van der Waals surface area (Å²) in [5, 5.41) is 11.2. The van der Waals surface area contributed by atoms with Gasteiger partial charge in [0.2, 0.25) is 5.71 Å². The third-order valence-electron chi connectivity index (χ3n) is 11.8. The number of furan rings is 1. The van der Waals surface area contributed by atoms with Crippen LogP contribution >= 0.6 is 0 Å². The number of imidazole rings is 1. The van der Waals surface area contributed by atoms with Gasteiger partial charge in [0.25, 0.3) is 0 Å². The topological polar surface area (TPSA) is 80.5 Å². The van der Waals surface area contributed by atoms with Gasteiger partial charge in [-0.05, 0) is 81.6 Å². The average Bonchev–Trinajstić information content (AvgIpc) is 3.90. The number of benzene rings is 6. The average molecular weight is 1100 g/mol. The molecule has 0 saturated carbocycles. The molecule has 4 heterocycles. The van der Waals surface area contributed by atoms with E-state index in [0.29, 0.717) is 17.0 Å². The van der Waals surface area contributed by atoms with Gasteiger partial charge < -0.3 is 8.98 Å². The van der Waals surface area contributed by atoms with Gasteiger partial charge in [0.15, 0.2) is 0 Å². The smallest absolute Gasteiger partial charge is 0 e. The summed E-state index contributed by atoms with van der Waals surface area (Å²) in [6, 6.07) is 57.0. The first-order valence-electron chi connectivity index (χ1n) is 22.0. The third kappa shape index (κ3) is 9.17. The maximum absolute atomic E-state index is 12.8. The summed E-state index contributed by atoms with van der Waals surface area (Å²) in [7, 11) is 0. The molecule has 0 aliphatic carbocycles. The van der Waals surface area contributed by atoms with Crippen LogP contribution in [0.25, 0.3) is 83.7 Å². The van der Waals surface area contributed by atoms with Crippen LogP contribution in [0.4, 0.5) is 4.39 Å². The fourth-order valence-corrected chi connectivity index (χ4v) is 10.5. The molecule has 0 bridgehead atoms. The number of hydrogen-bond donors (Lipinski definition) is 0. The molecule has 10 rings (SSSR count). The Morgan fingerprint density at radius 3 is 1.98 bits per heavy atom. The van der Waals surface area contributed by atoms with Crippen LogP contribution in [0.2, 0.25) is 17.3 Å². The molecule has 6 aromatic carbocycles. The molecule has 0 N–H and O–H groups in total. The summed E-state index contributed by atoms with van der Waals surface area (Å²) in [6.07, 6.45) is 1.95. The monoisotopic (exact) mass is 1100 g/mol. The minimum atomic E-state index is -1.79. The first kappa shape index (κ1) is 46.0. The SMILES string of the molecule is CC(C)c1cc(-c2ccc(-c3ccccc3)cc2)cc(C(C)C)c1-n1c(-c2[c-]ccc3c2oc2nc(C#N)ccc23)nc2ccccc21.[CH3][Ge]([CH3])([CH3])[c]1ccc(-c2[c-]cc(F)cc2)nc1.[Ir]. The molecule has 0 aliphatic rings. The van der Waals surface area contributed by atoms with E-state index in [4.69, 9.17) is 9.40 Å².